The van der Waals surface area contributed by atoms with E-state index in [2.05, 4.69) is 25.0 Å². The first kappa shape index (κ1) is 16.5. The Morgan fingerprint density at radius 1 is 1.32 bits per heavy atom. The Labute approximate surface area is 129 Å². The number of halogens is 4. The zero-order chi connectivity index (χ0) is 14.9. The second-order valence-corrected chi connectivity index (χ2v) is 4.54. The normalized spacial score (nSPS) is 18.0. The van der Waals surface area contributed by atoms with E-state index in [0.717, 1.165) is 19.5 Å². The Kier molecular flexibility index (Phi) is 4.87. The lowest BCUT2D eigenvalue weighted by molar-refractivity contribution is -0.159. The second-order valence-electron chi connectivity index (χ2n) is 4.54. The molecule has 1 atom stereocenters. The molecule has 3 rings (SSSR count). The molecule has 1 unspecified atom stereocenters. The zero-order valence-electron chi connectivity index (χ0n) is 11.1. The van der Waals surface area contributed by atoms with E-state index in [0.29, 0.717) is 11.4 Å². The van der Waals surface area contributed by atoms with Crippen molar-refractivity contribution >= 4 is 12.4 Å². The molecule has 6 nitrogen and oxygen atoms in total. The number of rotatable bonds is 3. The summed E-state index contributed by atoms with van der Waals surface area (Å²) in [7, 11) is 0. The van der Waals surface area contributed by atoms with E-state index < -0.39 is 12.1 Å². The molecule has 1 aliphatic heterocycles. The highest BCUT2D eigenvalue weighted by molar-refractivity contribution is 5.85. The number of nitrogens with one attached hydrogen (secondary N) is 1. The van der Waals surface area contributed by atoms with Gasteiger partial charge < -0.3 is 14.6 Å². The van der Waals surface area contributed by atoms with Gasteiger partial charge in [0, 0.05) is 24.4 Å². The molecule has 1 saturated heterocycles. The highest BCUT2D eigenvalue weighted by Crippen LogP contribution is 2.29. The van der Waals surface area contributed by atoms with Crippen LogP contribution in [0.15, 0.2) is 22.9 Å². The maximum absolute atomic E-state index is 12.4. The first-order chi connectivity index (χ1) is 10.0. The highest BCUT2D eigenvalue weighted by Gasteiger charge is 2.38. The summed E-state index contributed by atoms with van der Waals surface area (Å²) in [5.41, 5.74) is 0.325. The number of hydrogen-bond donors (Lipinski definition) is 1. The molecule has 3 heterocycles. The van der Waals surface area contributed by atoms with Crippen molar-refractivity contribution in [1.29, 1.82) is 0 Å². The Hall–Kier alpha value is -1.87. The Bertz CT molecular complexity index is 612. The fourth-order valence-corrected chi connectivity index (χ4v) is 1.94. The van der Waals surface area contributed by atoms with Crippen molar-refractivity contribution in [1.82, 2.24) is 20.4 Å². The van der Waals surface area contributed by atoms with Crippen molar-refractivity contribution in [3.8, 4) is 17.3 Å². The van der Waals surface area contributed by atoms with Crippen LogP contribution in [0.2, 0.25) is 0 Å². The average Bonchev–Trinajstić information content (AvgIpc) is 3.09. The van der Waals surface area contributed by atoms with Gasteiger partial charge in [-0.3, -0.25) is 0 Å². The molecule has 1 aliphatic rings. The van der Waals surface area contributed by atoms with Gasteiger partial charge in [0.25, 0.3) is 0 Å². The van der Waals surface area contributed by atoms with E-state index in [9.17, 15) is 13.2 Å². The van der Waals surface area contributed by atoms with E-state index in [1.165, 1.54) is 12.3 Å². The Morgan fingerprint density at radius 2 is 2.14 bits per heavy atom. The molecular weight excluding hydrogens is 325 g/mol. The summed E-state index contributed by atoms with van der Waals surface area (Å²) in [6.07, 6.45) is -2.35. The van der Waals surface area contributed by atoms with Gasteiger partial charge in [0.05, 0.1) is 0 Å². The summed E-state index contributed by atoms with van der Waals surface area (Å²) in [6.45, 7) is 1.65. The molecule has 2 aromatic heterocycles. The predicted molar refractivity (Wildman–Crippen MR) is 71.7 cm³/mol. The Balaban J connectivity index is 0.00000176. The monoisotopic (exact) mass is 336 g/mol. The second kappa shape index (κ2) is 6.49. The first-order valence-corrected chi connectivity index (χ1v) is 6.27. The number of hydrogen-bond acceptors (Lipinski definition) is 6. The number of nitrogens with zero attached hydrogens (tertiary/aromatic N) is 3. The van der Waals surface area contributed by atoms with Crippen LogP contribution in [-0.4, -0.2) is 34.3 Å². The fraction of sp³-hybridized carbons (Fsp3) is 0.417. The van der Waals surface area contributed by atoms with Crippen molar-refractivity contribution in [3.05, 3.63) is 24.2 Å². The van der Waals surface area contributed by atoms with Crippen LogP contribution in [0.5, 0.6) is 5.88 Å². The van der Waals surface area contributed by atoms with Gasteiger partial charge in [-0.25, -0.2) is 4.98 Å². The quantitative estimate of drug-likeness (QED) is 0.927. The summed E-state index contributed by atoms with van der Waals surface area (Å²) >= 11 is 0. The van der Waals surface area contributed by atoms with Gasteiger partial charge in [-0.2, -0.15) is 18.2 Å². The molecule has 0 aromatic carbocycles. The predicted octanol–water partition coefficient (Wildman–Crippen LogP) is 2.31. The summed E-state index contributed by atoms with van der Waals surface area (Å²) in [6, 6.07) is 3.10. The van der Waals surface area contributed by atoms with Crippen molar-refractivity contribution < 1.29 is 22.4 Å². The lowest BCUT2D eigenvalue weighted by Gasteiger charge is -2.10. The third kappa shape index (κ3) is 3.66. The zero-order valence-corrected chi connectivity index (χ0v) is 11.9. The van der Waals surface area contributed by atoms with Crippen molar-refractivity contribution in [2.24, 2.45) is 0 Å². The third-order valence-electron chi connectivity index (χ3n) is 2.97. The van der Waals surface area contributed by atoms with Gasteiger partial charge in [0.15, 0.2) is 0 Å². The van der Waals surface area contributed by atoms with Crippen LogP contribution in [0.1, 0.15) is 12.3 Å². The van der Waals surface area contributed by atoms with Crippen molar-refractivity contribution in [2.75, 3.05) is 13.1 Å². The van der Waals surface area contributed by atoms with E-state index in [1.807, 2.05) is 0 Å². The van der Waals surface area contributed by atoms with E-state index in [4.69, 9.17) is 4.74 Å². The molecular formula is C12H12ClF3N4O2. The van der Waals surface area contributed by atoms with Gasteiger partial charge in [0.1, 0.15) is 6.10 Å². The minimum Gasteiger partial charge on any atom is -0.473 e. The van der Waals surface area contributed by atoms with Crippen LogP contribution >= 0.6 is 12.4 Å². The number of pyridine rings is 1. The van der Waals surface area contributed by atoms with Crippen LogP contribution in [-0.2, 0) is 6.18 Å². The van der Waals surface area contributed by atoms with Crippen LogP contribution in [0.4, 0.5) is 13.2 Å². The Morgan fingerprint density at radius 3 is 2.68 bits per heavy atom. The van der Waals surface area contributed by atoms with Crippen molar-refractivity contribution in [2.45, 2.75) is 18.7 Å². The molecule has 22 heavy (non-hydrogen) atoms. The van der Waals surface area contributed by atoms with Gasteiger partial charge in [-0.1, -0.05) is 5.16 Å². The van der Waals surface area contributed by atoms with E-state index in [1.54, 1.807) is 6.07 Å². The van der Waals surface area contributed by atoms with Gasteiger partial charge >= 0.3 is 12.1 Å². The van der Waals surface area contributed by atoms with Gasteiger partial charge in [-0.15, -0.1) is 12.4 Å². The van der Waals surface area contributed by atoms with Gasteiger partial charge in [-0.05, 0) is 19.0 Å². The van der Waals surface area contributed by atoms with Crippen LogP contribution in [0.3, 0.4) is 0 Å². The lowest BCUT2D eigenvalue weighted by Crippen LogP contribution is -2.19. The topological polar surface area (TPSA) is 73.1 Å². The number of aromatic nitrogens is 3. The number of ether oxygens (including phenoxy) is 1. The summed E-state index contributed by atoms with van der Waals surface area (Å²) in [4.78, 5) is 7.33. The fourth-order valence-electron chi connectivity index (χ4n) is 1.94. The maximum Gasteiger partial charge on any atom is 0.471 e. The minimum atomic E-state index is -4.66. The molecule has 0 radical (unpaired) electrons. The summed E-state index contributed by atoms with van der Waals surface area (Å²) in [5.74, 6) is -1.13. The highest BCUT2D eigenvalue weighted by atomic mass is 35.5. The first-order valence-electron chi connectivity index (χ1n) is 6.27. The summed E-state index contributed by atoms with van der Waals surface area (Å²) in [5, 5.41) is 6.44. The molecule has 1 N–H and O–H groups in total. The molecule has 0 amide bonds. The molecule has 2 aromatic rings. The smallest absolute Gasteiger partial charge is 0.471 e. The van der Waals surface area contributed by atoms with Crippen LogP contribution in [0.25, 0.3) is 11.4 Å². The molecule has 120 valence electrons. The largest absolute Gasteiger partial charge is 0.473 e. The third-order valence-corrected chi connectivity index (χ3v) is 2.97. The van der Waals surface area contributed by atoms with Crippen LogP contribution in [0, 0.1) is 0 Å². The van der Waals surface area contributed by atoms with Crippen molar-refractivity contribution in [3.63, 3.8) is 0 Å². The molecule has 1 fully saturated rings. The molecule has 0 bridgehead atoms. The number of alkyl halides is 3. The molecule has 10 heteroatoms. The van der Waals surface area contributed by atoms with E-state index >= 15 is 0 Å². The maximum atomic E-state index is 12.4. The van der Waals surface area contributed by atoms with Gasteiger partial charge in [0.2, 0.25) is 11.7 Å². The molecule has 0 aliphatic carbocycles. The summed E-state index contributed by atoms with van der Waals surface area (Å²) < 4.78 is 46.9. The van der Waals surface area contributed by atoms with Crippen LogP contribution < -0.4 is 10.1 Å². The SMILES string of the molecule is Cl.FC(F)(F)c1nc(-c2ccc(OC3CCNC3)nc2)no1. The molecule has 0 spiro atoms. The standard InChI is InChI=1S/C12H11F3N4O2.ClH/c13-12(14,15)11-18-10(19-21-11)7-1-2-9(17-5-7)20-8-3-4-16-6-8;/h1-2,5,8,16H,3-4,6H2;1H. The average molecular weight is 337 g/mol. The van der Waals surface area contributed by atoms with E-state index in [-0.39, 0.29) is 24.3 Å². The molecule has 0 saturated carbocycles. The minimum absolute atomic E-state index is 0. The lowest BCUT2D eigenvalue weighted by atomic mass is 10.2.